The number of hydrogen-bond donors (Lipinski definition) is 1. The van der Waals surface area contributed by atoms with E-state index >= 15 is 0 Å². The molecule has 0 bridgehead atoms. The third-order valence-corrected chi connectivity index (χ3v) is 2.61. The maximum Gasteiger partial charge on any atom is 0.216 e. The van der Waals surface area contributed by atoms with Crippen LogP contribution in [0.5, 0.6) is 0 Å². The third-order valence-electron chi connectivity index (χ3n) is 2.61. The highest BCUT2D eigenvalue weighted by atomic mass is 15.3. The fraction of sp³-hybridized carbons (Fsp3) is 0.636. The molecule has 0 atom stereocenters. The van der Waals surface area contributed by atoms with Crippen LogP contribution in [0, 0.1) is 0 Å². The molecule has 16 heavy (non-hydrogen) atoms. The van der Waals surface area contributed by atoms with E-state index in [9.17, 15) is 0 Å². The first-order valence-corrected chi connectivity index (χ1v) is 5.50. The van der Waals surface area contributed by atoms with E-state index in [-0.39, 0.29) is 0 Å². The van der Waals surface area contributed by atoms with Crippen molar-refractivity contribution < 1.29 is 0 Å². The normalized spacial score (nSPS) is 21.1. The summed E-state index contributed by atoms with van der Waals surface area (Å²) in [5, 5.41) is 0. The van der Waals surface area contributed by atoms with Gasteiger partial charge >= 0.3 is 0 Å². The largest absolute Gasteiger partial charge is 0.368 e. The highest BCUT2D eigenvalue weighted by Crippen LogP contribution is 1.98. The summed E-state index contributed by atoms with van der Waals surface area (Å²) in [5.41, 5.74) is 6.46. The third kappa shape index (κ3) is 4.55. The van der Waals surface area contributed by atoms with Gasteiger partial charge in [-0.05, 0) is 20.0 Å². The van der Waals surface area contributed by atoms with Gasteiger partial charge < -0.3 is 10.6 Å². The summed E-state index contributed by atoms with van der Waals surface area (Å²) >= 11 is 0. The van der Waals surface area contributed by atoms with Crippen molar-refractivity contribution in [3.63, 3.8) is 0 Å². The molecular weight excluding hydrogens is 202 g/mol. The Morgan fingerprint density at radius 2 is 2.00 bits per heavy atom. The first-order valence-electron chi connectivity index (χ1n) is 5.50. The monoisotopic (exact) mass is 223 g/mol. The van der Waals surface area contributed by atoms with Gasteiger partial charge in [0.2, 0.25) is 5.96 Å². The number of allylic oxidation sites excluding steroid dienone is 1. The van der Waals surface area contributed by atoms with E-state index in [1.54, 1.807) is 6.08 Å². The molecule has 5 heteroatoms. The number of rotatable bonds is 3. The van der Waals surface area contributed by atoms with Crippen LogP contribution in [-0.4, -0.2) is 61.4 Å². The molecule has 1 heterocycles. The Balaban J connectivity index is 2.38. The first kappa shape index (κ1) is 12.9. The van der Waals surface area contributed by atoms with Crippen molar-refractivity contribution in [2.45, 2.75) is 6.92 Å². The Morgan fingerprint density at radius 3 is 2.56 bits per heavy atom. The van der Waals surface area contributed by atoms with Crippen molar-refractivity contribution >= 4 is 11.7 Å². The van der Waals surface area contributed by atoms with Crippen LogP contribution in [0.15, 0.2) is 22.6 Å². The van der Waals surface area contributed by atoms with E-state index in [4.69, 9.17) is 5.73 Å². The highest BCUT2D eigenvalue weighted by Gasteiger charge is 2.12. The van der Waals surface area contributed by atoms with Crippen molar-refractivity contribution in [3.05, 3.63) is 12.7 Å². The number of nitrogens with two attached hydrogens (primary N) is 1. The molecule has 2 N–H and O–H groups in total. The SMILES string of the molecule is C=C/C(C)=N\C(N)=N/CN1CCN(C)CC1. The van der Waals surface area contributed by atoms with Crippen LogP contribution in [0.2, 0.25) is 0 Å². The second-order valence-corrected chi connectivity index (χ2v) is 4.04. The maximum atomic E-state index is 5.67. The van der Waals surface area contributed by atoms with Crippen LogP contribution in [-0.2, 0) is 0 Å². The Morgan fingerprint density at radius 1 is 1.38 bits per heavy atom. The Labute approximate surface area is 97.3 Å². The average molecular weight is 223 g/mol. The summed E-state index contributed by atoms with van der Waals surface area (Å²) in [6.07, 6.45) is 1.66. The topological polar surface area (TPSA) is 57.2 Å². The summed E-state index contributed by atoms with van der Waals surface area (Å²) in [4.78, 5) is 12.9. The maximum absolute atomic E-state index is 5.67. The lowest BCUT2D eigenvalue weighted by Gasteiger charge is -2.30. The number of hydrogen-bond acceptors (Lipinski definition) is 3. The van der Waals surface area contributed by atoms with Crippen LogP contribution in [0.3, 0.4) is 0 Å². The van der Waals surface area contributed by atoms with Gasteiger partial charge in [-0.15, -0.1) is 0 Å². The van der Waals surface area contributed by atoms with E-state index < -0.39 is 0 Å². The van der Waals surface area contributed by atoms with Crippen LogP contribution < -0.4 is 5.73 Å². The van der Waals surface area contributed by atoms with E-state index in [0.29, 0.717) is 12.6 Å². The van der Waals surface area contributed by atoms with Crippen LogP contribution in [0.25, 0.3) is 0 Å². The van der Waals surface area contributed by atoms with E-state index in [1.807, 2.05) is 6.92 Å². The molecule has 0 aromatic heterocycles. The summed E-state index contributed by atoms with van der Waals surface area (Å²) in [7, 11) is 2.13. The molecule has 5 nitrogen and oxygen atoms in total. The van der Waals surface area contributed by atoms with Crippen molar-refractivity contribution in [2.24, 2.45) is 15.7 Å². The second kappa shape index (κ2) is 6.40. The summed E-state index contributed by atoms with van der Waals surface area (Å²) in [6.45, 7) is 10.4. The molecule has 0 aromatic carbocycles. The zero-order valence-electron chi connectivity index (χ0n) is 10.2. The predicted molar refractivity (Wildman–Crippen MR) is 68.9 cm³/mol. The van der Waals surface area contributed by atoms with Gasteiger partial charge in [0, 0.05) is 31.9 Å². The molecule has 0 amide bonds. The standard InChI is InChI=1S/C11H21N5/c1-4-10(2)14-11(12)13-9-16-7-5-15(3)6-8-16/h4H,1,5-9H2,2-3H3,(H2,12,13)/b14-10-. The molecule has 0 spiro atoms. The van der Waals surface area contributed by atoms with Crippen LogP contribution in [0.1, 0.15) is 6.92 Å². The smallest absolute Gasteiger partial charge is 0.216 e. The molecule has 0 unspecified atom stereocenters. The van der Waals surface area contributed by atoms with Gasteiger partial charge in [0.05, 0.1) is 6.67 Å². The van der Waals surface area contributed by atoms with Gasteiger partial charge in [0.1, 0.15) is 0 Å². The number of aliphatic imine (C=N–C) groups is 2. The Kier molecular flexibility index (Phi) is 5.14. The van der Waals surface area contributed by atoms with Gasteiger partial charge in [0.15, 0.2) is 0 Å². The minimum absolute atomic E-state index is 0.330. The average Bonchev–Trinajstić information content (AvgIpc) is 2.28. The lowest BCUT2D eigenvalue weighted by atomic mass is 10.3. The van der Waals surface area contributed by atoms with Crippen LogP contribution >= 0.6 is 0 Å². The molecule has 1 saturated heterocycles. The fourth-order valence-corrected chi connectivity index (χ4v) is 1.42. The van der Waals surface area contributed by atoms with Gasteiger partial charge in [-0.1, -0.05) is 6.58 Å². The van der Waals surface area contributed by atoms with Gasteiger partial charge in [-0.25, -0.2) is 9.98 Å². The summed E-state index contributed by atoms with van der Waals surface area (Å²) in [6, 6.07) is 0. The molecule has 0 saturated carbocycles. The molecule has 0 aromatic rings. The molecule has 1 aliphatic rings. The van der Waals surface area contributed by atoms with E-state index in [2.05, 4.69) is 33.4 Å². The first-order chi connectivity index (χ1) is 7.61. The quantitative estimate of drug-likeness (QED) is 0.547. The van der Waals surface area contributed by atoms with Crippen molar-refractivity contribution in [1.82, 2.24) is 9.80 Å². The molecule has 90 valence electrons. The minimum Gasteiger partial charge on any atom is -0.368 e. The Hall–Kier alpha value is -1.20. The lowest BCUT2D eigenvalue weighted by Crippen LogP contribution is -2.44. The van der Waals surface area contributed by atoms with Crippen molar-refractivity contribution in [2.75, 3.05) is 39.9 Å². The number of piperazine rings is 1. The van der Waals surface area contributed by atoms with E-state index in [1.165, 1.54) is 0 Å². The lowest BCUT2D eigenvalue weighted by molar-refractivity contribution is 0.158. The molecule has 0 radical (unpaired) electrons. The van der Waals surface area contributed by atoms with Crippen LogP contribution in [0.4, 0.5) is 0 Å². The summed E-state index contributed by atoms with van der Waals surface area (Å²) in [5.74, 6) is 0.330. The number of guanidine groups is 1. The minimum atomic E-state index is 0.330. The van der Waals surface area contributed by atoms with Gasteiger partial charge in [-0.3, -0.25) is 4.90 Å². The molecule has 1 aliphatic heterocycles. The zero-order chi connectivity index (χ0) is 12.0. The number of likely N-dealkylation sites (N-methyl/N-ethyl adjacent to an activating group) is 1. The molecule has 1 fully saturated rings. The highest BCUT2D eigenvalue weighted by molar-refractivity contribution is 6.01. The Bertz CT molecular complexity index is 287. The van der Waals surface area contributed by atoms with Gasteiger partial charge in [-0.2, -0.15) is 0 Å². The fourth-order valence-electron chi connectivity index (χ4n) is 1.42. The predicted octanol–water partition coefficient (Wildman–Crippen LogP) is 0.153. The number of nitrogens with zero attached hydrogens (tertiary/aromatic N) is 4. The second-order valence-electron chi connectivity index (χ2n) is 4.04. The van der Waals surface area contributed by atoms with Crippen molar-refractivity contribution in [3.8, 4) is 0 Å². The van der Waals surface area contributed by atoms with E-state index in [0.717, 1.165) is 31.9 Å². The summed E-state index contributed by atoms with van der Waals surface area (Å²) < 4.78 is 0. The van der Waals surface area contributed by atoms with Gasteiger partial charge in [0.25, 0.3) is 0 Å². The molecule has 1 rings (SSSR count). The zero-order valence-corrected chi connectivity index (χ0v) is 10.2. The molecular formula is C11H21N5. The van der Waals surface area contributed by atoms with Crippen molar-refractivity contribution in [1.29, 1.82) is 0 Å². The molecule has 0 aliphatic carbocycles.